The first-order valence-corrected chi connectivity index (χ1v) is 7.71. The molecule has 2 heterocycles. The van der Waals surface area contributed by atoms with E-state index in [2.05, 4.69) is 5.10 Å². The van der Waals surface area contributed by atoms with Crippen molar-refractivity contribution < 1.29 is 14.5 Å². The Hall–Kier alpha value is -2.90. The van der Waals surface area contributed by atoms with Gasteiger partial charge in [0.25, 0.3) is 5.69 Å². The zero-order valence-corrected chi connectivity index (χ0v) is 13.3. The molecule has 0 spiro atoms. The van der Waals surface area contributed by atoms with Crippen LogP contribution in [0.1, 0.15) is 29.2 Å². The molecule has 0 atom stereocenters. The molecule has 8 heteroatoms. The van der Waals surface area contributed by atoms with Crippen LogP contribution >= 0.6 is 0 Å². The van der Waals surface area contributed by atoms with Crippen molar-refractivity contribution >= 4 is 17.3 Å². The molecule has 1 aromatic carbocycles. The van der Waals surface area contributed by atoms with Crippen molar-refractivity contribution in [3.05, 3.63) is 52.3 Å². The van der Waals surface area contributed by atoms with E-state index in [0.717, 1.165) is 12.8 Å². The van der Waals surface area contributed by atoms with Crippen molar-refractivity contribution in [2.75, 3.05) is 25.1 Å². The number of aromatic nitrogens is 2. The van der Waals surface area contributed by atoms with Crippen LogP contribution in [0.2, 0.25) is 0 Å². The molecule has 0 N–H and O–H groups in total. The molecule has 0 saturated carbocycles. The van der Waals surface area contributed by atoms with Gasteiger partial charge in [0.05, 0.1) is 23.6 Å². The number of esters is 1. The van der Waals surface area contributed by atoms with E-state index in [1.54, 1.807) is 6.20 Å². The first kappa shape index (κ1) is 16.0. The third-order valence-electron chi connectivity index (χ3n) is 4.30. The summed E-state index contributed by atoms with van der Waals surface area (Å²) in [6.45, 7) is 1.33. The number of ether oxygens (including phenoxy) is 1. The van der Waals surface area contributed by atoms with Gasteiger partial charge in [0, 0.05) is 31.5 Å². The monoisotopic (exact) mass is 330 g/mol. The second kappa shape index (κ2) is 6.69. The highest BCUT2D eigenvalue weighted by molar-refractivity contribution is 5.91. The van der Waals surface area contributed by atoms with Crippen LogP contribution in [0.15, 0.2) is 36.7 Å². The number of nitro benzene ring substituents is 1. The molecule has 24 heavy (non-hydrogen) atoms. The van der Waals surface area contributed by atoms with Crippen molar-refractivity contribution in [3.8, 4) is 0 Å². The molecule has 0 radical (unpaired) electrons. The van der Waals surface area contributed by atoms with Gasteiger partial charge in [-0.1, -0.05) is 0 Å². The van der Waals surface area contributed by atoms with Gasteiger partial charge < -0.3 is 9.64 Å². The normalized spacial score (nSPS) is 15.3. The predicted octanol–water partition coefficient (Wildman–Crippen LogP) is 2.42. The van der Waals surface area contributed by atoms with Gasteiger partial charge in [-0.05, 0) is 31.0 Å². The first-order chi connectivity index (χ1) is 11.6. The molecule has 2 aromatic rings. The second-order valence-electron chi connectivity index (χ2n) is 5.66. The summed E-state index contributed by atoms with van der Waals surface area (Å²) in [4.78, 5) is 24.6. The van der Waals surface area contributed by atoms with Gasteiger partial charge in [-0.15, -0.1) is 0 Å². The number of piperidine rings is 1. The highest BCUT2D eigenvalue weighted by atomic mass is 16.6. The molecule has 0 aliphatic carbocycles. The summed E-state index contributed by atoms with van der Waals surface area (Å²) < 4.78 is 6.63. The topological polar surface area (TPSA) is 90.5 Å². The third kappa shape index (κ3) is 3.08. The minimum Gasteiger partial charge on any atom is -0.465 e. The standard InChI is InChI=1S/C16H18N4O4/c1-24-16(21)12-3-4-14(20(22)23)15(11-12)18-9-5-13(6-10-18)19-8-2-7-17-19/h2-4,7-8,11,13H,5-6,9-10H2,1H3. The van der Waals surface area contributed by atoms with Gasteiger partial charge in [-0.25, -0.2) is 4.79 Å². The lowest BCUT2D eigenvalue weighted by Gasteiger charge is -2.33. The molecule has 3 rings (SSSR count). The molecule has 126 valence electrons. The fourth-order valence-corrected chi connectivity index (χ4v) is 3.04. The maximum atomic E-state index is 11.7. The SMILES string of the molecule is COC(=O)c1ccc([N+](=O)[O-])c(N2CCC(n3cccn3)CC2)c1. The van der Waals surface area contributed by atoms with E-state index >= 15 is 0 Å². The Kier molecular flexibility index (Phi) is 4.45. The molecule has 0 unspecified atom stereocenters. The number of carbonyl (C=O) groups excluding carboxylic acids is 1. The molecule has 1 aliphatic heterocycles. The average Bonchev–Trinajstić information content (AvgIpc) is 3.15. The Morgan fingerprint density at radius 3 is 2.71 bits per heavy atom. The summed E-state index contributed by atoms with van der Waals surface area (Å²) in [7, 11) is 1.29. The summed E-state index contributed by atoms with van der Waals surface area (Å²) in [6, 6.07) is 6.50. The van der Waals surface area contributed by atoms with Crippen LogP contribution in [0.4, 0.5) is 11.4 Å². The summed E-state index contributed by atoms with van der Waals surface area (Å²) in [6.07, 6.45) is 5.35. The minimum absolute atomic E-state index is 0.000178. The molecule has 1 saturated heterocycles. The number of hydrogen-bond donors (Lipinski definition) is 0. The maximum absolute atomic E-state index is 11.7. The van der Waals surface area contributed by atoms with Crippen molar-refractivity contribution in [1.29, 1.82) is 0 Å². The lowest BCUT2D eigenvalue weighted by atomic mass is 10.0. The van der Waals surface area contributed by atoms with E-state index in [1.807, 2.05) is 21.8 Å². The summed E-state index contributed by atoms with van der Waals surface area (Å²) in [5, 5.41) is 15.6. The average molecular weight is 330 g/mol. The smallest absolute Gasteiger partial charge is 0.337 e. The number of methoxy groups -OCH3 is 1. The molecule has 1 fully saturated rings. The number of nitrogens with zero attached hydrogens (tertiary/aromatic N) is 4. The van der Waals surface area contributed by atoms with Crippen LogP contribution in [0.5, 0.6) is 0 Å². The van der Waals surface area contributed by atoms with Gasteiger partial charge in [-0.2, -0.15) is 5.10 Å². The summed E-state index contributed by atoms with van der Waals surface area (Å²) in [5.74, 6) is -0.502. The van der Waals surface area contributed by atoms with Crippen molar-refractivity contribution in [3.63, 3.8) is 0 Å². The third-order valence-corrected chi connectivity index (χ3v) is 4.30. The molecular weight excluding hydrogens is 312 g/mol. The van der Waals surface area contributed by atoms with Crippen LogP contribution in [0.25, 0.3) is 0 Å². The van der Waals surface area contributed by atoms with E-state index in [9.17, 15) is 14.9 Å². The highest BCUT2D eigenvalue weighted by Crippen LogP contribution is 2.33. The Bertz CT molecular complexity index is 737. The number of anilines is 1. The van der Waals surface area contributed by atoms with Crippen molar-refractivity contribution in [1.82, 2.24) is 9.78 Å². The molecular formula is C16H18N4O4. The number of benzene rings is 1. The van der Waals surface area contributed by atoms with Gasteiger partial charge in [0.1, 0.15) is 5.69 Å². The number of hydrogen-bond acceptors (Lipinski definition) is 6. The maximum Gasteiger partial charge on any atom is 0.337 e. The van der Waals surface area contributed by atoms with Gasteiger partial charge in [0.2, 0.25) is 0 Å². The molecule has 1 aromatic heterocycles. The quantitative estimate of drug-likeness (QED) is 0.486. The lowest BCUT2D eigenvalue weighted by Crippen LogP contribution is -2.35. The number of rotatable bonds is 4. The fraction of sp³-hybridized carbons (Fsp3) is 0.375. The fourth-order valence-electron chi connectivity index (χ4n) is 3.04. The number of nitro groups is 1. The molecule has 8 nitrogen and oxygen atoms in total. The van der Waals surface area contributed by atoms with Crippen LogP contribution < -0.4 is 4.90 Å². The van der Waals surface area contributed by atoms with E-state index in [-0.39, 0.29) is 5.69 Å². The van der Waals surface area contributed by atoms with Gasteiger partial charge in [0.15, 0.2) is 0 Å². The second-order valence-corrected chi connectivity index (χ2v) is 5.66. The Morgan fingerprint density at radius 2 is 2.12 bits per heavy atom. The lowest BCUT2D eigenvalue weighted by molar-refractivity contribution is -0.384. The Morgan fingerprint density at radius 1 is 1.38 bits per heavy atom. The van der Waals surface area contributed by atoms with Crippen LogP contribution in [-0.2, 0) is 4.74 Å². The Labute approximate surface area is 138 Å². The van der Waals surface area contributed by atoms with E-state index < -0.39 is 10.9 Å². The zero-order chi connectivity index (χ0) is 17.1. The van der Waals surface area contributed by atoms with E-state index in [4.69, 9.17) is 4.74 Å². The molecule has 0 amide bonds. The molecule has 0 bridgehead atoms. The van der Waals surface area contributed by atoms with Crippen LogP contribution in [0, 0.1) is 10.1 Å². The first-order valence-electron chi connectivity index (χ1n) is 7.71. The summed E-state index contributed by atoms with van der Waals surface area (Å²) >= 11 is 0. The van der Waals surface area contributed by atoms with Gasteiger partial charge >= 0.3 is 5.97 Å². The minimum atomic E-state index is -0.502. The molecule has 1 aliphatic rings. The van der Waals surface area contributed by atoms with Crippen molar-refractivity contribution in [2.24, 2.45) is 0 Å². The van der Waals surface area contributed by atoms with Crippen LogP contribution in [-0.4, -0.2) is 40.9 Å². The highest BCUT2D eigenvalue weighted by Gasteiger charge is 2.26. The van der Waals surface area contributed by atoms with E-state index in [1.165, 1.54) is 25.3 Å². The Balaban J connectivity index is 1.83. The zero-order valence-electron chi connectivity index (χ0n) is 13.3. The largest absolute Gasteiger partial charge is 0.465 e. The van der Waals surface area contributed by atoms with Crippen LogP contribution in [0.3, 0.4) is 0 Å². The number of carbonyl (C=O) groups is 1. The van der Waals surface area contributed by atoms with Gasteiger partial charge in [-0.3, -0.25) is 14.8 Å². The summed E-state index contributed by atoms with van der Waals surface area (Å²) in [5.41, 5.74) is 0.773. The van der Waals surface area contributed by atoms with E-state index in [0.29, 0.717) is 30.4 Å². The van der Waals surface area contributed by atoms with Crippen molar-refractivity contribution in [2.45, 2.75) is 18.9 Å². The predicted molar refractivity (Wildman–Crippen MR) is 87.1 cm³/mol.